The van der Waals surface area contributed by atoms with Crippen LogP contribution >= 0.6 is 0 Å². The second kappa shape index (κ2) is 5.73. The minimum atomic E-state index is -4.44. The van der Waals surface area contributed by atoms with E-state index in [1.165, 1.54) is 13.2 Å². The highest BCUT2D eigenvalue weighted by atomic mass is 19.4. The van der Waals surface area contributed by atoms with Crippen molar-refractivity contribution in [2.75, 3.05) is 7.11 Å². The molecule has 0 spiro atoms. The molecule has 0 aliphatic rings. The van der Waals surface area contributed by atoms with Gasteiger partial charge in [0.2, 0.25) is 0 Å². The third kappa shape index (κ3) is 3.33. The number of aliphatic hydroxyl groups excluding tert-OH is 1. The molecule has 112 valence electrons. The lowest BCUT2D eigenvalue weighted by molar-refractivity contribution is -0.137. The fourth-order valence-electron chi connectivity index (χ4n) is 1.98. The second-order valence-electron chi connectivity index (χ2n) is 4.59. The van der Waals surface area contributed by atoms with Gasteiger partial charge in [-0.2, -0.15) is 13.2 Å². The normalized spacial score (nSPS) is 13.0. The zero-order chi connectivity index (χ0) is 15.6. The number of aryl methyl sites for hydroxylation is 1. The Bertz CT molecular complexity index is 624. The molecule has 0 radical (unpaired) electrons. The fraction of sp³-hybridized carbons (Fsp3) is 0.267. The molecule has 0 saturated carbocycles. The monoisotopic (exact) mass is 297 g/mol. The summed E-state index contributed by atoms with van der Waals surface area (Å²) in [7, 11) is 1.53. The molecule has 1 aromatic heterocycles. The van der Waals surface area contributed by atoms with Gasteiger partial charge in [-0.3, -0.25) is 4.98 Å². The van der Waals surface area contributed by atoms with Gasteiger partial charge in [0.1, 0.15) is 11.9 Å². The Morgan fingerprint density at radius 1 is 1.19 bits per heavy atom. The molecule has 21 heavy (non-hydrogen) atoms. The Hall–Kier alpha value is -2.08. The third-order valence-electron chi connectivity index (χ3n) is 3.17. The lowest BCUT2D eigenvalue weighted by atomic mass is 10.00. The first-order valence-corrected chi connectivity index (χ1v) is 6.18. The molecule has 1 heterocycles. The number of aromatic nitrogens is 1. The van der Waals surface area contributed by atoms with Crippen LogP contribution in [0.4, 0.5) is 13.2 Å². The summed E-state index contributed by atoms with van der Waals surface area (Å²) in [6.45, 7) is 1.78. The highest BCUT2D eigenvalue weighted by Gasteiger charge is 2.31. The molecule has 0 saturated heterocycles. The van der Waals surface area contributed by atoms with Crippen LogP contribution in [0.5, 0.6) is 5.75 Å². The van der Waals surface area contributed by atoms with Crippen molar-refractivity contribution in [1.82, 2.24) is 4.98 Å². The van der Waals surface area contributed by atoms with Crippen LogP contribution in [0.3, 0.4) is 0 Å². The van der Waals surface area contributed by atoms with E-state index in [4.69, 9.17) is 4.74 Å². The van der Waals surface area contributed by atoms with Gasteiger partial charge < -0.3 is 9.84 Å². The molecule has 1 N–H and O–H groups in total. The lowest BCUT2D eigenvalue weighted by Gasteiger charge is -2.15. The number of nitrogens with zero attached hydrogens (tertiary/aromatic N) is 1. The van der Waals surface area contributed by atoms with Crippen LogP contribution in [0.25, 0.3) is 0 Å². The predicted molar refractivity (Wildman–Crippen MR) is 71.0 cm³/mol. The van der Waals surface area contributed by atoms with Gasteiger partial charge in [0.05, 0.1) is 18.4 Å². The van der Waals surface area contributed by atoms with E-state index in [9.17, 15) is 18.3 Å². The maximum atomic E-state index is 12.5. The summed E-state index contributed by atoms with van der Waals surface area (Å²) in [5, 5.41) is 10.2. The number of hydrogen-bond acceptors (Lipinski definition) is 3. The number of benzene rings is 1. The molecule has 1 aromatic carbocycles. The van der Waals surface area contributed by atoms with Crippen molar-refractivity contribution in [1.29, 1.82) is 0 Å². The smallest absolute Gasteiger partial charge is 0.417 e. The number of rotatable bonds is 3. The number of hydrogen-bond donors (Lipinski definition) is 1. The van der Waals surface area contributed by atoms with Gasteiger partial charge in [-0.05, 0) is 42.3 Å². The summed E-state index contributed by atoms with van der Waals surface area (Å²) >= 11 is 0. The van der Waals surface area contributed by atoms with Gasteiger partial charge in [-0.15, -0.1) is 0 Å². The molecule has 0 aliphatic carbocycles. The van der Waals surface area contributed by atoms with E-state index in [1.54, 1.807) is 25.1 Å². The van der Waals surface area contributed by atoms with Crippen LogP contribution in [0.1, 0.15) is 28.5 Å². The van der Waals surface area contributed by atoms with Gasteiger partial charge >= 0.3 is 6.18 Å². The Kier molecular flexibility index (Phi) is 4.18. The molecule has 0 aliphatic heterocycles. The van der Waals surface area contributed by atoms with Crippen molar-refractivity contribution in [3.63, 3.8) is 0 Å². The zero-order valence-electron chi connectivity index (χ0n) is 11.5. The van der Waals surface area contributed by atoms with Crippen molar-refractivity contribution in [3.05, 3.63) is 58.9 Å². The minimum Gasteiger partial charge on any atom is -0.497 e. The van der Waals surface area contributed by atoms with Crippen LogP contribution in [0.2, 0.25) is 0 Å². The van der Waals surface area contributed by atoms with Crippen molar-refractivity contribution < 1.29 is 23.0 Å². The summed E-state index contributed by atoms with van der Waals surface area (Å²) < 4.78 is 42.5. The maximum absolute atomic E-state index is 12.5. The highest BCUT2D eigenvalue weighted by Crippen LogP contribution is 2.31. The van der Waals surface area contributed by atoms with Crippen molar-refractivity contribution >= 4 is 0 Å². The van der Waals surface area contributed by atoms with Crippen LogP contribution in [-0.2, 0) is 6.18 Å². The van der Waals surface area contributed by atoms with Crippen molar-refractivity contribution in [2.45, 2.75) is 19.2 Å². The highest BCUT2D eigenvalue weighted by molar-refractivity contribution is 5.39. The molecule has 6 heteroatoms. The zero-order valence-corrected chi connectivity index (χ0v) is 11.5. The number of alkyl halides is 3. The quantitative estimate of drug-likeness (QED) is 0.943. The predicted octanol–water partition coefficient (Wildman–Crippen LogP) is 3.50. The van der Waals surface area contributed by atoms with Crippen molar-refractivity contribution in [2.24, 2.45) is 0 Å². The number of halogens is 3. The maximum Gasteiger partial charge on any atom is 0.417 e. The van der Waals surface area contributed by atoms with E-state index in [2.05, 4.69) is 4.98 Å². The lowest BCUT2D eigenvalue weighted by Crippen LogP contribution is -2.09. The molecule has 0 fully saturated rings. The SMILES string of the molecule is COc1ccc(C(O)c2ccc(C(F)(F)F)cn2)c(C)c1. The molecule has 0 bridgehead atoms. The van der Waals surface area contributed by atoms with Crippen molar-refractivity contribution in [3.8, 4) is 5.75 Å². The average Bonchev–Trinajstić information content (AvgIpc) is 2.45. The van der Waals surface area contributed by atoms with Gasteiger partial charge in [0.25, 0.3) is 0 Å². The number of ether oxygens (including phenoxy) is 1. The summed E-state index contributed by atoms with van der Waals surface area (Å²) in [4.78, 5) is 3.70. The second-order valence-corrected chi connectivity index (χ2v) is 4.59. The first-order chi connectivity index (χ1) is 9.82. The first-order valence-electron chi connectivity index (χ1n) is 6.18. The average molecular weight is 297 g/mol. The number of methoxy groups -OCH3 is 1. The first kappa shape index (κ1) is 15.3. The standard InChI is InChI=1S/C15H14F3NO2/c1-9-7-11(21-2)4-5-12(9)14(20)13-6-3-10(8-19-13)15(16,17)18/h3-8,14,20H,1-2H3. The van der Waals surface area contributed by atoms with Gasteiger partial charge in [-0.1, -0.05) is 6.07 Å². The summed E-state index contributed by atoms with van der Waals surface area (Å²) in [6.07, 6.45) is -4.80. The van der Waals surface area contributed by atoms with Gasteiger partial charge in [-0.25, -0.2) is 0 Å². The van der Waals surface area contributed by atoms with E-state index in [0.29, 0.717) is 11.3 Å². The summed E-state index contributed by atoms with van der Waals surface area (Å²) in [5.41, 5.74) is 0.660. The fourth-order valence-corrected chi connectivity index (χ4v) is 1.98. The molecule has 2 rings (SSSR count). The Labute approximate surface area is 120 Å². The third-order valence-corrected chi connectivity index (χ3v) is 3.17. The van der Waals surface area contributed by atoms with E-state index in [0.717, 1.165) is 17.8 Å². The van der Waals surface area contributed by atoms with Crippen LogP contribution in [0, 0.1) is 6.92 Å². The number of aliphatic hydroxyl groups is 1. The van der Waals surface area contributed by atoms with E-state index in [1.807, 2.05) is 0 Å². The van der Waals surface area contributed by atoms with Crippen LogP contribution < -0.4 is 4.74 Å². The van der Waals surface area contributed by atoms with E-state index < -0.39 is 17.8 Å². The van der Waals surface area contributed by atoms with Gasteiger partial charge in [0.15, 0.2) is 0 Å². The van der Waals surface area contributed by atoms with E-state index in [-0.39, 0.29) is 5.69 Å². The molecular weight excluding hydrogens is 283 g/mol. The summed E-state index contributed by atoms with van der Waals surface area (Å²) in [5.74, 6) is 0.642. The molecular formula is C15H14F3NO2. The Balaban J connectivity index is 2.30. The largest absolute Gasteiger partial charge is 0.497 e. The summed E-state index contributed by atoms with van der Waals surface area (Å²) in [6, 6.07) is 7.16. The van der Waals surface area contributed by atoms with E-state index >= 15 is 0 Å². The Morgan fingerprint density at radius 3 is 2.38 bits per heavy atom. The topological polar surface area (TPSA) is 42.4 Å². The molecule has 1 unspecified atom stereocenters. The van der Waals surface area contributed by atoms with Gasteiger partial charge in [0, 0.05) is 6.20 Å². The van der Waals surface area contributed by atoms with Crippen LogP contribution in [0.15, 0.2) is 36.5 Å². The molecule has 2 aromatic rings. The molecule has 0 amide bonds. The molecule has 1 atom stereocenters. The molecule has 3 nitrogen and oxygen atoms in total. The Morgan fingerprint density at radius 2 is 1.90 bits per heavy atom. The minimum absolute atomic E-state index is 0.163. The number of pyridine rings is 1. The van der Waals surface area contributed by atoms with Crippen LogP contribution in [-0.4, -0.2) is 17.2 Å².